The minimum absolute atomic E-state index is 0.109. The molecule has 8 heteroatoms. The van der Waals surface area contributed by atoms with E-state index in [0.29, 0.717) is 22.0 Å². The van der Waals surface area contributed by atoms with Crippen molar-refractivity contribution in [1.29, 1.82) is 0 Å². The average Bonchev–Trinajstić information content (AvgIpc) is 3.19. The normalized spacial score (nSPS) is 10.9. The number of thiazole rings is 1. The van der Waals surface area contributed by atoms with Crippen LogP contribution in [-0.4, -0.2) is 27.5 Å². The van der Waals surface area contributed by atoms with Crippen molar-refractivity contribution in [3.05, 3.63) is 81.9 Å². The van der Waals surface area contributed by atoms with E-state index < -0.39 is 0 Å². The van der Waals surface area contributed by atoms with Crippen LogP contribution in [0.4, 0.5) is 10.8 Å². The van der Waals surface area contributed by atoms with E-state index in [-0.39, 0.29) is 18.0 Å². The lowest BCUT2D eigenvalue weighted by atomic mass is 10.1. The van der Waals surface area contributed by atoms with E-state index in [4.69, 9.17) is 0 Å². The molecule has 0 fully saturated rings. The molecule has 0 aliphatic heterocycles. The lowest BCUT2D eigenvalue weighted by molar-refractivity contribution is -0.116. The molecule has 0 aliphatic carbocycles. The maximum atomic E-state index is 12.9. The van der Waals surface area contributed by atoms with Crippen molar-refractivity contribution in [3.63, 3.8) is 0 Å². The molecule has 2 aromatic carbocycles. The van der Waals surface area contributed by atoms with E-state index in [9.17, 15) is 9.59 Å². The van der Waals surface area contributed by atoms with Gasteiger partial charge in [0.2, 0.25) is 5.91 Å². The fraction of sp³-hybridized carbons (Fsp3) is 0.217. The molecule has 0 saturated carbocycles. The largest absolute Gasteiger partial charge is 0.347 e. The third-order valence-corrected chi connectivity index (χ3v) is 6.09. The van der Waals surface area contributed by atoms with Crippen LogP contribution in [0.1, 0.15) is 16.7 Å². The van der Waals surface area contributed by atoms with Crippen molar-refractivity contribution in [2.24, 2.45) is 0 Å². The first-order valence-corrected chi connectivity index (χ1v) is 10.7. The van der Waals surface area contributed by atoms with Crippen molar-refractivity contribution in [3.8, 4) is 0 Å². The number of nitrogens with zero attached hydrogens (tertiary/aromatic N) is 4. The number of hydrogen-bond donors (Lipinski definition) is 1. The number of nitrogens with one attached hydrogen (secondary N) is 1. The first-order valence-electron chi connectivity index (χ1n) is 9.89. The summed E-state index contributed by atoms with van der Waals surface area (Å²) in [5.74, 6) is -0.275. The van der Waals surface area contributed by atoms with Crippen LogP contribution in [0.3, 0.4) is 0 Å². The summed E-state index contributed by atoms with van der Waals surface area (Å²) >= 11 is 1.29. The van der Waals surface area contributed by atoms with Gasteiger partial charge in [0.25, 0.3) is 5.56 Å². The molecule has 7 nitrogen and oxygen atoms in total. The van der Waals surface area contributed by atoms with Gasteiger partial charge in [-0.1, -0.05) is 53.8 Å². The van der Waals surface area contributed by atoms with Crippen LogP contribution in [0.5, 0.6) is 0 Å². The SMILES string of the molecule is Cc1ccc(C)c(NC(=O)Cn2cnc3nc(N(C)Cc4ccccc4)sc3c2=O)c1. The number of carbonyl (C=O) groups is 1. The summed E-state index contributed by atoms with van der Waals surface area (Å²) in [4.78, 5) is 36.2. The summed E-state index contributed by atoms with van der Waals surface area (Å²) in [5.41, 5.74) is 4.05. The maximum Gasteiger partial charge on any atom is 0.273 e. The molecule has 31 heavy (non-hydrogen) atoms. The predicted octanol–water partition coefficient (Wildman–Crippen LogP) is 3.74. The van der Waals surface area contributed by atoms with Gasteiger partial charge in [-0.05, 0) is 36.6 Å². The second-order valence-corrected chi connectivity index (χ2v) is 8.51. The number of anilines is 2. The van der Waals surface area contributed by atoms with Crippen molar-refractivity contribution < 1.29 is 4.79 Å². The Balaban J connectivity index is 1.53. The molecule has 0 atom stereocenters. The molecular weight excluding hydrogens is 410 g/mol. The van der Waals surface area contributed by atoms with E-state index >= 15 is 0 Å². The molecule has 0 aliphatic rings. The van der Waals surface area contributed by atoms with Gasteiger partial charge in [0, 0.05) is 19.3 Å². The second-order valence-electron chi connectivity index (χ2n) is 7.54. The Morgan fingerprint density at radius 2 is 1.94 bits per heavy atom. The highest BCUT2D eigenvalue weighted by Gasteiger charge is 2.15. The Bertz CT molecular complexity index is 1300. The zero-order valence-corrected chi connectivity index (χ0v) is 18.4. The molecule has 0 radical (unpaired) electrons. The molecule has 0 spiro atoms. The fourth-order valence-electron chi connectivity index (χ4n) is 3.25. The maximum absolute atomic E-state index is 12.9. The van der Waals surface area contributed by atoms with Gasteiger partial charge in [0.15, 0.2) is 10.8 Å². The zero-order valence-electron chi connectivity index (χ0n) is 17.6. The van der Waals surface area contributed by atoms with E-state index in [1.807, 2.05) is 74.3 Å². The fourth-order valence-corrected chi connectivity index (χ4v) is 4.18. The topological polar surface area (TPSA) is 80.1 Å². The number of aryl methyl sites for hydroxylation is 2. The Labute approximate surface area is 184 Å². The summed E-state index contributed by atoms with van der Waals surface area (Å²) in [7, 11) is 1.93. The summed E-state index contributed by atoms with van der Waals surface area (Å²) in [6.45, 7) is 4.46. The second kappa shape index (κ2) is 8.69. The Morgan fingerprint density at radius 1 is 1.16 bits per heavy atom. The molecule has 2 heterocycles. The Morgan fingerprint density at radius 3 is 2.71 bits per heavy atom. The van der Waals surface area contributed by atoms with Crippen LogP contribution < -0.4 is 15.8 Å². The molecule has 4 aromatic rings. The van der Waals surface area contributed by atoms with Crippen molar-refractivity contribution >= 4 is 38.4 Å². The van der Waals surface area contributed by atoms with Gasteiger partial charge in [-0.25, -0.2) is 4.98 Å². The summed E-state index contributed by atoms with van der Waals surface area (Å²) < 4.78 is 1.76. The van der Waals surface area contributed by atoms with Crippen LogP contribution >= 0.6 is 11.3 Å². The molecule has 0 bridgehead atoms. The van der Waals surface area contributed by atoms with Gasteiger partial charge in [-0.2, -0.15) is 4.98 Å². The number of amides is 1. The third kappa shape index (κ3) is 4.64. The third-order valence-electron chi connectivity index (χ3n) is 4.94. The molecule has 2 aromatic heterocycles. The lowest BCUT2D eigenvalue weighted by Crippen LogP contribution is -2.27. The summed E-state index contributed by atoms with van der Waals surface area (Å²) in [6.07, 6.45) is 1.38. The molecule has 1 N–H and O–H groups in total. The van der Waals surface area contributed by atoms with E-state index in [2.05, 4.69) is 15.3 Å². The van der Waals surface area contributed by atoms with E-state index in [1.165, 1.54) is 22.2 Å². The van der Waals surface area contributed by atoms with E-state index in [1.54, 1.807) is 0 Å². The van der Waals surface area contributed by atoms with Gasteiger partial charge < -0.3 is 10.2 Å². The molecule has 1 amide bonds. The van der Waals surface area contributed by atoms with Crippen molar-refractivity contribution in [2.45, 2.75) is 26.9 Å². The number of rotatable bonds is 6. The van der Waals surface area contributed by atoms with Crippen LogP contribution in [0.25, 0.3) is 10.3 Å². The predicted molar refractivity (Wildman–Crippen MR) is 125 cm³/mol. The van der Waals surface area contributed by atoms with Crippen LogP contribution in [0.15, 0.2) is 59.7 Å². The first-order chi connectivity index (χ1) is 14.9. The van der Waals surface area contributed by atoms with Crippen molar-refractivity contribution in [2.75, 3.05) is 17.3 Å². The minimum atomic E-state index is -0.275. The monoisotopic (exact) mass is 433 g/mol. The highest BCUT2D eigenvalue weighted by atomic mass is 32.1. The highest BCUT2D eigenvalue weighted by molar-refractivity contribution is 7.22. The van der Waals surface area contributed by atoms with Crippen molar-refractivity contribution in [1.82, 2.24) is 14.5 Å². The Hall–Kier alpha value is -3.52. The number of hydrogen-bond acceptors (Lipinski definition) is 6. The highest BCUT2D eigenvalue weighted by Crippen LogP contribution is 2.25. The smallest absolute Gasteiger partial charge is 0.273 e. The average molecular weight is 434 g/mol. The molecule has 0 unspecified atom stereocenters. The Kier molecular flexibility index (Phi) is 5.81. The van der Waals surface area contributed by atoms with Crippen LogP contribution in [-0.2, 0) is 17.9 Å². The van der Waals surface area contributed by atoms with E-state index in [0.717, 1.165) is 22.4 Å². The van der Waals surface area contributed by atoms with Gasteiger partial charge in [-0.3, -0.25) is 14.2 Å². The van der Waals surface area contributed by atoms with Gasteiger partial charge >= 0.3 is 0 Å². The van der Waals surface area contributed by atoms with Gasteiger partial charge in [0.1, 0.15) is 17.6 Å². The standard InChI is InChI=1S/C23H23N5O2S/c1-15-9-10-16(2)18(11-15)25-19(29)13-28-14-24-21-20(22(28)30)31-23(26-21)27(3)12-17-7-5-4-6-8-17/h4-11,14H,12-13H2,1-3H3,(H,25,29). The summed E-state index contributed by atoms with van der Waals surface area (Å²) in [5, 5.41) is 3.59. The quantitative estimate of drug-likeness (QED) is 0.501. The zero-order chi connectivity index (χ0) is 22.0. The lowest BCUT2D eigenvalue weighted by Gasteiger charge is -2.15. The van der Waals surface area contributed by atoms with Gasteiger partial charge in [-0.15, -0.1) is 0 Å². The molecule has 4 rings (SSSR count). The first kappa shape index (κ1) is 20.7. The summed E-state index contributed by atoms with van der Waals surface area (Å²) in [6, 6.07) is 15.9. The number of fused-ring (bicyclic) bond motifs is 1. The molecule has 158 valence electrons. The van der Waals surface area contributed by atoms with Crippen LogP contribution in [0, 0.1) is 13.8 Å². The minimum Gasteiger partial charge on any atom is -0.347 e. The molecular formula is C23H23N5O2S. The van der Waals surface area contributed by atoms with Crippen LogP contribution in [0.2, 0.25) is 0 Å². The molecule has 0 saturated heterocycles. The van der Waals surface area contributed by atoms with Gasteiger partial charge in [0.05, 0.1) is 0 Å². The number of benzene rings is 2. The number of aromatic nitrogens is 3. The number of carbonyl (C=O) groups excluding carboxylic acids is 1.